The van der Waals surface area contributed by atoms with E-state index < -0.39 is 0 Å². The number of rotatable bonds is 5. The molecule has 2 nitrogen and oxygen atoms in total. The highest BCUT2D eigenvalue weighted by Crippen LogP contribution is 2.41. The molecule has 0 aliphatic carbocycles. The lowest BCUT2D eigenvalue weighted by Gasteiger charge is -2.12. The van der Waals surface area contributed by atoms with Crippen molar-refractivity contribution in [2.75, 3.05) is 0 Å². The van der Waals surface area contributed by atoms with Crippen molar-refractivity contribution in [3.05, 3.63) is 107 Å². The van der Waals surface area contributed by atoms with Crippen LogP contribution in [0.25, 0.3) is 11.1 Å². The van der Waals surface area contributed by atoms with Gasteiger partial charge in [0, 0.05) is 5.56 Å². The molecule has 0 N–H and O–H groups in total. The maximum absolute atomic E-state index is 6.53. The van der Waals surface area contributed by atoms with Crippen LogP contribution in [0.15, 0.2) is 97.1 Å². The van der Waals surface area contributed by atoms with Gasteiger partial charge in [-0.2, -0.15) is 0 Å². The van der Waals surface area contributed by atoms with Gasteiger partial charge in [-0.15, -0.1) is 0 Å². The number of ether oxygens (including phenoxy) is 2. The van der Waals surface area contributed by atoms with Gasteiger partial charge >= 0.3 is 0 Å². The molecule has 4 aromatic rings. The molecule has 0 saturated carbocycles. The number of hydrogen-bond donors (Lipinski definition) is 0. The summed E-state index contributed by atoms with van der Waals surface area (Å²) in [5.74, 6) is 2.77. The molecule has 4 rings (SSSR count). The second kappa shape index (κ2) is 8.39. The average molecular weight is 407 g/mol. The molecule has 28 heavy (non-hydrogen) atoms. The van der Waals surface area contributed by atoms with Crippen LogP contribution in [-0.2, 0) is 0 Å². The van der Waals surface area contributed by atoms with Crippen LogP contribution in [0.5, 0.6) is 23.0 Å². The highest BCUT2D eigenvalue weighted by atomic mass is 35.5. The van der Waals surface area contributed by atoms with Gasteiger partial charge in [-0.1, -0.05) is 71.7 Å². The molecule has 0 heterocycles. The third-order valence-corrected chi connectivity index (χ3v) is 5.03. The van der Waals surface area contributed by atoms with E-state index in [-0.39, 0.29) is 0 Å². The highest BCUT2D eigenvalue weighted by molar-refractivity contribution is 6.44. The Bertz CT molecular complexity index is 1060. The topological polar surface area (TPSA) is 18.5 Å². The van der Waals surface area contributed by atoms with E-state index in [2.05, 4.69) is 0 Å². The Morgan fingerprint density at radius 1 is 0.464 bits per heavy atom. The Morgan fingerprint density at radius 3 is 1.61 bits per heavy atom. The summed E-state index contributed by atoms with van der Waals surface area (Å²) in [5, 5.41) is 0.833. The fourth-order valence-corrected chi connectivity index (χ4v) is 3.24. The molecule has 0 atom stereocenters. The molecule has 0 amide bonds. The van der Waals surface area contributed by atoms with Crippen LogP contribution in [-0.4, -0.2) is 0 Å². The Morgan fingerprint density at radius 2 is 1.00 bits per heavy atom. The van der Waals surface area contributed by atoms with Crippen molar-refractivity contribution in [3.63, 3.8) is 0 Å². The molecule has 0 aliphatic heterocycles. The summed E-state index contributed by atoms with van der Waals surface area (Å²) in [4.78, 5) is 0. The van der Waals surface area contributed by atoms with E-state index in [1.807, 2.05) is 97.1 Å². The van der Waals surface area contributed by atoms with Crippen LogP contribution in [0.3, 0.4) is 0 Å². The lowest BCUT2D eigenvalue weighted by atomic mass is 10.1. The summed E-state index contributed by atoms with van der Waals surface area (Å²) in [6.07, 6.45) is 0. The second-order valence-corrected chi connectivity index (χ2v) is 6.85. The quantitative estimate of drug-likeness (QED) is 0.332. The van der Waals surface area contributed by atoms with E-state index in [9.17, 15) is 0 Å². The number of benzene rings is 4. The van der Waals surface area contributed by atoms with Crippen molar-refractivity contribution in [1.82, 2.24) is 0 Å². The number of hydrogen-bond acceptors (Lipinski definition) is 2. The van der Waals surface area contributed by atoms with Crippen molar-refractivity contribution in [1.29, 1.82) is 0 Å². The second-order valence-electron chi connectivity index (χ2n) is 6.09. The van der Waals surface area contributed by atoms with Gasteiger partial charge in [-0.05, 0) is 54.1 Å². The summed E-state index contributed by atoms with van der Waals surface area (Å²) in [5.41, 5.74) is 1.77. The van der Waals surface area contributed by atoms with Crippen molar-refractivity contribution >= 4 is 23.2 Å². The van der Waals surface area contributed by atoms with Gasteiger partial charge in [0.1, 0.15) is 28.0 Å². The van der Waals surface area contributed by atoms with E-state index in [4.69, 9.17) is 32.7 Å². The van der Waals surface area contributed by atoms with Gasteiger partial charge in [0.05, 0.1) is 5.02 Å². The Hall–Kier alpha value is -2.94. The molecular weight excluding hydrogens is 391 g/mol. The normalized spacial score (nSPS) is 10.5. The van der Waals surface area contributed by atoms with Gasteiger partial charge in [0.25, 0.3) is 0 Å². The Kier molecular flexibility index (Phi) is 5.52. The van der Waals surface area contributed by atoms with Crippen molar-refractivity contribution in [2.24, 2.45) is 0 Å². The lowest BCUT2D eigenvalue weighted by Crippen LogP contribution is -1.88. The van der Waals surface area contributed by atoms with Crippen LogP contribution in [0.1, 0.15) is 0 Å². The maximum atomic E-state index is 6.53. The largest absolute Gasteiger partial charge is 0.457 e. The SMILES string of the molecule is Clc1c(Oc2ccccc2)ccc(-c2ccc(Oc3ccccc3)cc2)c1Cl. The van der Waals surface area contributed by atoms with Gasteiger partial charge in [0.15, 0.2) is 0 Å². The zero-order valence-corrected chi connectivity index (χ0v) is 16.3. The molecule has 0 aliphatic rings. The molecule has 0 bridgehead atoms. The molecule has 0 radical (unpaired) electrons. The summed E-state index contributed by atoms with van der Waals surface area (Å²) >= 11 is 13.0. The lowest BCUT2D eigenvalue weighted by molar-refractivity contribution is 0.482. The van der Waals surface area contributed by atoms with Crippen LogP contribution < -0.4 is 9.47 Å². The minimum atomic E-state index is 0.382. The highest BCUT2D eigenvalue weighted by Gasteiger charge is 2.13. The molecule has 4 heteroatoms. The maximum Gasteiger partial charge on any atom is 0.147 e. The molecule has 0 spiro atoms. The molecular formula is C24H16Cl2O2. The van der Waals surface area contributed by atoms with Crippen LogP contribution in [0, 0.1) is 0 Å². The Labute approximate surface area is 173 Å². The van der Waals surface area contributed by atoms with Gasteiger partial charge in [0.2, 0.25) is 0 Å². The van der Waals surface area contributed by atoms with Crippen LogP contribution in [0.4, 0.5) is 0 Å². The van der Waals surface area contributed by atoms with Gasteiger partial charge in [-0.3, -0.25) is 0 Å². The minimum Gasteiger partial charge on any atom is -0.457 e. The summed E-state index contributed by atoms with van der Waals surface area (Å²) < 4.78 is 11.7. The predicted octanol–water partition coefficient (Wildman–Crippen LogP) is 8.25. The standard InChI is InChI=1S/C24H16Cl2O2/c25-23-21(15-16-22(24(23)26)28-19-9-5-2-6-10-19)17-11-13-20(14-12-17)27-18-7-3-1-4-8-18/h1-16H. The predicted molar refractivity (Wildman–Crippen MR) is 115 cm³/mol. The molecule has 4 aromatic carbocycles. The summed E-state index contributed by atoms with van der Waals surface area (Å²) in [6.45, 7) is 0. The first-order valence-corrected chi connectivity index (χ1v) is 9.50. The fraction of sp³-hybridized carbons (Fsp3) is 0. The summed E-state index contributed by atoms with van der Waals surface area (Å²) in [7, 11) is 0. The molecule has 0 fully saturated rings. The molecule has 0 saturated heterocycles. The van der Waals surface area contributed by atoms with Gasteiger partial charge in [-0.25, -0.2) is 0 Å². The van der Waals surface area contributed by atoms with Crippen molar-refractivity contribution in [2.45, 2.75) is 0 Å². The third-order valence-electron chi connectivity index (χ3n) is 4.16. The summed E-state index contributed by atoms with van der Waals surface area (Å²) in [6, 6.07) is 30.5. The van der Waals surface area contributed by atoms with Gasteiger partial charge < -0.3 is 9.47 Å². The van der Waals surface area contributed by atoms with Crippen molar-refractivity contribution in [3.8, 4) is 34.1 Å². The monoisotopic (exact) mass is 406 g/mol. The molecule has 0 unspecified atom stereocenters. The third kappa shape index (κ3) is 4.14. The zero-order valence-electron chi connectivity index (χ0n) is 14.8. The van der Waals surface area contributed by atoms with Crippen molar-refractivity contribution < 1.29 is 9.47 Å². The van der Waals surface area contributed by atoms with E-state index in [1.54, 1.807) is 0 Å². The van der Waals surface area contributed by atoms with E-state index >= 15 is 0 Å². The first-order valence-electron chi connectivity index (χ1n) is 8.75. The first-order chi connectivity index (χ1) is 13.7. The molecule has 0 aromatic heterocycles. The Balaban J connectivity index is 1.56. The van der Waals surface area contributed by atoms with E-state index in [0.29, 0.717) is 21.5 Å². The molecule has 138 valence electrons. The van der Waals surface area contributed by atoms with Crippen LogP contribution in [0.2, 0.25) is 10.0 Å². The van der Waals surface area contributed by atoms with Crippen LogP contribution >= 0.6 is 23.2 Å². The minimum absolute atomic E-state index is 0.382. The first kappa shape index (κ1) is 18.4. The zero-order chi connectivity index (χ0) is 19.3. The number of halogens is 2. The smallest absolute Gasteiger partial charge is 0.147 e. The fourth-order valence-electron chi connectivity index (χ4n) is 2.78. The van der Waals surface area contributed by atoms with E-state index in [1.165, 1.54) is 0 Å². The number of para-hydroxylation sites is 2. The average Bonchev–Trinajstić information content (AvgIpc) is 2.74. The van der Waals surface area contributed by atoms with E-state index in [0.717, 1.165) is 22.6 Å².